The number of rotatable bonds is 0. The van der Waals surface area contributed by atoms with Crippen molar-refractivity contribution < 1.29 is 4.39 Å². The molecule has 0 radical (unpaired) electrons. The Bertz CT molecular complexity index is 241. The predicted octanol–water partition coefficient (Wildman–Crippen LogP) is 2.82. The van der Waals surface area contributed by atoms with Gasteiger partial charge in [0, 0.05) is 4.47 Å². The van der Waals surface area contributed by atoms with E-state index in [-0.39, 0.29) is 5.02 Å². The van der Waals surface area contributed by atoms with Crippen molar-refractivity contribution in [1.82, 2.24) is 0 Å². The van der Waals surface area contributed by atoms with Crippen LogP contribution in [0, 0.1) is 5.82 Å². The largest absolute Gasteiger partial charge is 0.397 e. The van der Waals surface area contributed by atoms with E-state index in [4.69, 9.17) is 17.3 Å². The summed E-state index contributed by atoms with van der Waals surface area (Å²) < 4.78 is 12.9. The Balaban J connectivity index is 3.31. The molecule has 1 aromatic carbocycles. The summed E-state index contributed by atoms with van der Waals surface area (Å²) >= 11 is 8.57. The van der Waals surface area contributed by atoms with Crippen molar-refractivity contribution in [1.29, 1.82) is 0 Å². The van der Waals surface area contributed by atoms with E-state index in [1.165, 1.54) is 12.1 Å². The number of hydrogen-bond acceptors (Lipinski definition) is 1. The standard InChI is InChI=1S/C6H4BrClFN/c7-4-1-3(9)2-5(8)6(4)10/h1-2H,10H2. The van der Waals surface area contributed by atoms with Crippen molar-refractivity contribution in [2.24, 2.45) is 0 Å². The van der Waals surface area contributed by atoms with Crippen molar-refractivity contribution in [2.45, 2.75) is 0 Å². The highest BCUT2D eigenvalue weighted by atomic mass is 79.9. The molecular formula is C6H4BrClFN. The summed E-state index contributed by atoms with van der Waals surface area (Å²) in [6, 6.07) is 2.43. The second kappa shape index (κ2) is 2.76. The predicted molar refractivity (Wildman–Crippen MR) is 43.5 cm³/mol. The van der Waals surface area contributed by atoms with Gasteiger partial charge in [-0.3, -0.25) is 0 Å². The highest BCUT2D eigenvalue weighted by Gasteiger charge is 2.02. The van der Waals surface area contributed by atoms with Crippen molar-refractivity contribution in [3.63, 3.8) is 0 Å². The fraction of sp³-hybridized carbons (Fsp3) is 0. The van der Waals surface area contributed by atoms with E-state index in [0.717, 1.165) is 0 Å². The zero-order valence-corrected chi connectivity index (χ0v) is 7.21. The first-order valence-corrected chi connectivity index (χ1v) is 3.68. The fourth-order valence-electron chi connectivity index (χ4n) is 0.553. The molecule has 0 atom stereocenters. The van der Waals surface area contributed by atoms with E-state index in [9.17, 15) is 4.39 Å². The zero-order valence-electron chi connectivity index (χ0n) is 4.87. The molecule has 1 nitrogen and oxygen atoms in total. The number of nitrogen functional groups attached to an aromatic ring is 1. The van der Waals surface area contributed by atoms with Gasteiger partial charge in [0.2, 0.25) is 0 Å². The topological polar surface area (TPSA) is 26.0 Å². The maximum Gasteiger partial charge on any atom is 0.125 e. The Morgan fingerprint density at radius 1 is 1.50 bits per heavy atom. The minimum Gasteiger partial charge on any atom is -0.397 e. The van der Waals surface area contributed by atoms with Crippen molar-refractivity contribution in [2.75, 3.05) is 5.73 Å². The Hall–Kier alpha value is -0.280. The van der Waals surface area contributed by atoms with Gasteiger partial charge in [-0.05, 0) is 28.1 Å². The number of hydrogen-bond donors (Lipinski definition) is 1. The highest BCUT2D eigenvalue weighted by molar-refractivity contribution is 9.10. The van der Waals surface area contributed by atoms with Crippen LogP contribution in [0.4, 0.5) is 10.1 Å². The van der Waals surface area contributed by atoms with Crippen LogP contribution >= 0.6 is 27.5 Å². The molecular weight excluding hydrogens is 220 g/mol. The van der Waals surface area contributed by atoms with Crippen LogP contribution in [0.5, 0.6) is 0 Å². The van der Waals surface area contributed by atoms with Gasteiger partial charge in [0.1, 0.15) is 5.82 Å². The highest BCUT2D eigenvalue weighted by Crippen LogP contribution is 2.28. The molecule has 0 bridgehead atoms. The summed E-state index contributed by atoms with van der Waals surface area (Å²) in [5.74, 6) is -0.397. The zero-order chi connectivity index (χ0) is 7.72. The van der Waals surface area contributed by atoms with Gasteiger partial charge in [0.25, 0.3) is 0 Å². The third kappa shape index (κ3) is 1.41. The smallest absolute Gasteiger partial charge is 0.125 e. The van der Waals surface area contributed by atoms with Crippen LogP contribution in [-0.4, -0.2) is 0 Å². The Kier molecular flexibility index (Phi) is 2.16. The lowest BCUT2D eigenvalue weighted by Gasteiger charge is -1.99. The monoisotopic (exact) mass is 223 g/mol. The molecule has 2 N–H and O–H groups in total. The lowest BCUT2D eigenvalue weighted by atomic mass is 10.3. The van der Waals surface area contributed by atoms with Gasteiger partial charge in [-0.25, -0.2) is 4.39 Å². The number of benzene rings is 1. The summed E-state index contributed by atoms with van der Waals surface area (Å²) in [7, 11) is 0. The SMILES string of the molecule is Nc1c(Cl)cc(F)cc1Br. The normalized spacial score (nSPS) is 9.90. The van der Waals surface area contributed by atoms with Crippen LogP contribution in [0.15, 0.2) is 16.6 Å². The molecule has 0 saturated carbocycles. The molecule has 0 aliphatic heterocycles. The van der Waals surface area contributed by atoms with Gasteiger partial charge in [0.15, 0.2) is 0 Å². The van der Waals surface area contributed by atoms with Crippen LogP contribution in [0.2, 0.25) is 5.02 Å². The van der Waals surface area contributed by atoms with Gasteiger partial charge < -0.3 is 5.73 Å². The molecule has 0 aromatic heterocycles. The second-order valence-electron chi connectivity index (χ2n) is 1.78. The van der Waals surface area contributed by atoms with Gasteiger partial charge >= 0.3 is 0 Å². The van der Waals surface area contributed by atoms with Gasteiger partial charge in [-0.1, -0.05) is 11.6 Å². The average Bonchev–Trinajstić information content (AvgIpc) is 1.82. The summed E-state index contributed by atoms with van der Waals surface area (Å²) in [6.45, 7) is 0. The first-order chi connectivity index (χ1) is 4.61. The summed E-state index contributed by atoms with van der Waals surface area (Å²) in [5.41, 5.74) is 5.77. The minimum atomic E-state index is -0.397. The molecule has 0 amide bonds. The molecule has 0 heterocycles. The molecule has 0 unspecified atom stereocenters. The number of nitrogens with two attached hydrogens (primary N) is 1. The van der Waals surface area contributed by atoms with Crippen LogP contribution in [-0.2, 0) is 0 Å². The van der Waals surface area contributed by atoms with Crippen molar-refractivity contribution >= 4 is 33.2 Å². The Morgan fingerprint density at radius 3 is 2.60 bits per heavy atom. The molecule has 54 valence electrons. The lowest BCUT2D eigenvalue weighted by Crippen LogP contribution is -1.88. The van der Waals surface area contributed by atoms with Crippen LogP contribution < -0.4 is 5.73 Å². The molecule has 0 saturated heterocycles. The van der Waals surface area contributed by atoms with E-state index in [1.807, 2.05) is 0 Å². The third-order valence-electron chi connectivity index (χ3n) is 1.04. The first-order valence-electron chi connectivity index (χ1n) is 2.51. The van der Waals surface area contributed by atoms with Crippen molar-refractivity contribution in [3.05, 3.63) is 27.4 Å². The van der Waals surface area contributed by atoms with Gasteiger partial charge in [0.05, 0.1) is 10.7 Å². The summed E-state index contributed by atoms with van der Waals surface area (Å²) in [4.78, 5) is 0. The van der Waals surface area contributed by atoms with Crippen molar-refractivity contribution in [3.8, 4) is 0 Å². The van der Waals surface area contributed by atoms with E-state index < -0.39 is 5.82 Å². The summed E-state index contributed by atoms with van der Waals surface area (Å²) in [5, 5.41) is 0.229. The van der Waals surface area contributed by atoms with Crippen LogP contribution in [0.25, 0.3) is 0 Å². The van der Waals surface area contributed by atoms with E-state index in [1.54, 1.807) is 0 Å². The molecule has 1 rings (SSSR count). The molecule has 0 aliphatic rings. The summed E-state index contributed by atoms with van der Waals surface area (Å²) in [6.07, 6.45) is 0. The lowest BCUT2D eigenvalue weighted by molar-refractivity contribution is 0.627. The maximum absolute atomic E-state index is 12.4. The molecule has 0 spiro atoms. The Morgan fingerprint density at radius 2 is 2.10 bits per heavy atom. The maximum atomic E-state index is 12.4. The first kappa shape index (κ1) is 7.82. The fourth-order valence-corrected chi connectivity index (χ4v) is 1.31. The third-order valence-corrected chi connectivity index (χ3v) is 2.01. The average molecular weight is 224 g/mol. The molecule has 0 aliphatic carbocycles. The second-order valence-corrected chi connectivity index (χ2v) is 3.04. The van der Waals surface area contributed by atoms with Gasteiger partial charge in [-0.15, -0.1) is 0 Å². The van der Waals surface area contributed by atoms with Crippen LogP contribution in [0.1, 0.15) is 0 Å². The molecule has 0 fully saturated rings. The van der Waals surface area contributed by atoms with Crippen LogP contribution in [0.3, 0.4) is 0 Å². The van der Waals surface area contributed by atoms with Gasteiger partial charge in [-0.2, -0.15) is 0 Å². The molecule has 4 heteroatoms. The molecule has 10 heavy (non-hydrogen) atoms. The molecule has 1 aromatic rings. The van der Waals surface area contributed by atoms with E-state index in [2.05, 4.69) is 15.9 Å². The van der Waals surface area contributed by atoms with E-state index in [0.29, 0.717) is 10.2 Å². The number of halogens is 3. The quantitative estimate of drug-likeness (QED) is 0.674. The number of anilines is 1. The van der Waals surface area contributed by atoms with E-state index >= 15 is 0 Å². The Labute approximate surface area is 71.1 Å². The minimum absolute atomic E-state index is 0.229.